The monoisotopic (exact) mass is 352 g/mol. The molecule has 1 N–H and O–H groups in total. The van der Waals surface area contributed by atoms with Crippen LogP contribution in [0.3, 0.4) is 0 Å². The van der Waals surface area contributed by atoms with Crippen LogP contribution in [-0.2, 0) is 19.5 Å². The van der Waals surface area contributed by atoms with Crippen LogP contribution in [0.25, 0.3) is 0 Å². The number of hydrogen-bond donors (Lipinski definition) is 1. The van der Waals surface area contributed by atoms with Crippen LogP contribution in [0.2, 0.25) is 0 Å². The number of fused-ring (bicyclic) bond motifs is 1. The molecule has 136 valence electrons. The van der Waals surface area contributed by atoms with Gasteiger partial charge in [0.15, 0.2) is 5.82 Å². The summed E-state index contributed by atoms with van der Waals surface area (Å²) >= 11 is 0. The highest BCUT2D eigenvalue weighted by Gasteiger charge is 2.21. The first-order valence-corrected chi connectivity index (χ1v) is 9.19. The van der Waals surface area contributed by atoms with Crippen molar-refractivity contribution in [2.75, 3.05) is 20.2 Å². The molecule has 26 heavy (non-hydrogen) atoms. The van der Waals surface area contributed by atoms with E-state index >= 15 is 0 Å². The van der Waals surface area contributed by atoms with Gasteiger partial charge >= 0.3 is 0 Å². The zero-order valence-electron chi connectivity index (χ0n) is 15.1. The van der Waals surface area contributed by atoms with Gasteiger partial charge in [-0.3, -0.25) is 9.89 Å². The summed E-state index contributed by atoms with van der Waals surface area (Å²) in [5.41, 5.74) is 4.23. The van der Waals surface area contributed by atoms with Crippen LogP contribution < -0.4 is 4.74 Å². The van der Waals surface area contributed by atoms with E-state index in [2.05, 4.69) is 14.9 Å². The average molecular weight is 352 g/mol. The molecule has 0 unspecified atom stereocenters. The van der Waals surface area contributed by atoms with Crippen LogP contribution in [0, 0.1) is 0 Å². The van der Waals surface area contributed by atoms with Crippen molar-refractivity contribution in [2.24, 2.45) is 4.99 Å². The maximum atomic E-state index is 10.1. The first kappa shape index (κ1) is 17.0. The molecule has 4 rings (SSSR count). The molecule has 3 heterocycles. The summed E-state index contributed by atoms with van der Waals surface area (Å²) in [6.07, 6.45) is 6.17. The van der Waals surface area contributed by atoms with Crippen molar-refractivity contribution in [1.82, 2.24) is 14.9 Å². The Labute approximate surface area is 153 Å². The first-order chi connectivity index (χ1) is 12.7. The lowest BCUT2D eigenvalue weighted by molar-refractivity contribution is 0.239. The molecule has 2 aliphatic rings. The Bertz CT molecular complexity index is 835. The summed E-state index contributed by atoms with van der Waals surface area (Å²) in [4.78, 5) is 16.2. The predicted molar refractivity (Wildman–Crippen MR) is 99.8 cm³/mol. The minimum absolute atomic E-state index is 0.304. The van der Waals surface area contributed by atoms with E-state index in [-0.39, 0.29) is 0 Å². The number of benzene rings is 1. The number of methoxy groups -OCH3 is 1. The van der Waals surface area contributed by atoms with E-state index in [1.165, 1.54) is 18.4 Å². The molecule has 2 aromatic rings. The average Bonchev–Trinajstić information content (AvgIpc) is 2.70. The Balaban J connectivity index is 1.49. The van der Waals surface area contributed by atoms with Crippen molar-refractivity contribution < 1.29 is 9.84 Å². The molecule has 0 amide bonds. The summed E-state index contributed by atoms with van der Waals surface area (Å²) in [5.74, 6) is 1.87. The molecule has 0 radical (unpaired) electrons. The van der Waals surface area contributed by atoms with E-state index in [0.29, 0.717) is 12.3 Å². The number of ether oxygens (including phenoxy) is 1. The smallest absolute Gasteiger partial charge is 0.173 e. The molecular weight excluding hydrogens is 328 g/mol. The Morgan fingerprint density at radius 3 is 2.96 bits per heavy atom. The number of phenolic OH excluding ortho intramolecular Hbond substituents is 1. The fourth-order valence-corrected chi connectivity index (χ4v) is 3.58. The number of aromatic nitrogens is 2. The van der Waals surface area contributed by atoms with Gasteiger partial charge in [0.2, 0.25) is 0 Å². The maximum absolute atomic E-state index is 10.1. The Morgan fingerprint density at radius 2 is 2.15 bits per heavy atom. The van der Waals surface area contributed by atoms with Crippen molar-refractivity contribution in [3.63, 3.8) is 0 Å². The largest absolute Gasteiger partial charge is 0.508 e. The molecule has 2 aliphatic heterocycles. The molecule has 0 saturated heterocycles. The van der Waals surface area contributed by atoms with Crippen molar-refractivity contribution >= 4 is 5.71 Å². The topological polar surface area (TPSA) is 70.8 Å². The first-order valence-electron chi connectivity index (χ1n) is 9.19. The fourth-order valence-electron chi connectivity index (χ4n) is 3.58. The number of phenols is 1. The SMILES string of the molecule is COc1ccc(O)c(CN2CCc3nc(C4=NCCCC4)ncc3C2)c1. The molecule has 0 saturated carbocycles. The molecule has 6 nitrogen and oxygen atoms in total. The summed E-state index contributed by atoms with van der Waals surface area (Å²) in [6, 6.07) is 5.35. The van der Waals surface area contributed by atoms with Gasteiger partial charge in [0, 0.05) is 49.9 Å². The van der Waals surface area contributed by atoms with Crippen molar-refractivity contribution in [1.29, 1.82) is 0 Å². The van der Waals surface area contributed by atoms with Crippen LogP contribution >= 0.6 is 0 Å². The van der Waals surface area contributed by atoms with Gasteiger partial charge in [-0.05, 0) is 37.5 Å². The number of hydrogen-bond acceptors (Lipinski definition) is 6. The highest BCUT2D eigenvalue weighted by molar-refractivity contribution is 5.97. The van der Waals surface area contributed by atoms with Crippen LogP contribution in [0.15, 0.2) is 29.4 Å². The number of rotatable bonds is 4. The second-order valence-electron chi connectivity index (χ2n) is 6.91. The normalized spacial score (nSPS) is 17.5. The van der Waals surface area contributed by atoms with Crippen molar-refractivity contribution in [3.8, 4) is 11.5 Å². The van der Waals surface area contributed by atoms with E-state index in [0.717, 1.165) is 61.0 Å². The number of aromatic hydroxyl groups is 1. The molecule has 0 atom stereocenters. The van der Waals surface area contributed by atoms with Gasteiger partial charge in [0.25, 0.3) is 0 Å². The number of aliphatic imine (C=N–C) groups is 1. The fraction of sp³-hybridized carbons (Fsp3) is 0.450. The summed E-state index contributed by atoms with van der Waals surface area (Å²) < 4.78 is 5.27. The minimum Gasteiger partial charge on any atom is -0.508 e. The highest BCUT2D eigenvalue weighted by Crippen LogP contribution is 2.26. The van der Waals surface area contributed by atoms with E-state index in [1.807, 2.05) is 12.3 Å². The lowest BCUT2D eigenvalue weighted by Crippen LogP contribution is -2.31. The van der Waals surface area contributed by atoms with E-state index < -0.39 is 0 Å². The lowest BCUT2D eigenvalue weighted by Gasteiger charge is -2.28. The molecule has 6 heteroatoms. The van der Waals surface area contributed by atoms with Crippen molar-refractivity contribution in [2.45, 2.75) is 38.8 Å². The Morgan fingerprint density at radius 1 is 1.23 bits per heavy atom. The second kappa shape index (κ2) is 7.41. The van der Waals surface area contributed by atoms with E-state index in [4.69, 9.17) is 9.72 Å². The van der Waals surface area contributed by atoms with Crippen LogP contribution in [0.5, 0.6) is 11.5 Å². The molecular formula is C20H24N4O2. The second-order valence-corrected chi connectivity index (χ2v) is 6.91. The van der Waals surface area contributed by atoms with Gasteiger partial charge in [-0.15, -0.1) is 0 Å². The lowest BCUT2D eigenvalue weighted by atomic mass is 10.0. The zero-order valence-corrected chi connectivity index (χ0v) is 15.1. The predicted octanol–water partition coefficient (Wildman–Crippen LogP) is 2.72. The third-order valence-electron chi connectivity index (χ3n) is 5.08. The van der Waals surface area contributed by atoms with E-state index in [1.54, 1.807) is 19.2 Å². The van der Waals surface area contributed by atoms with Gasteiger partial charge in [-0.25, -0.2) is 9.97 Å². The van der Waals surface area contributed by atoms with Crippen LogP contribution in [0.4, 0.5) is 0 Å². The van der Waals surface area contributed by atoms with Gasteiger partial charge in [-0.1, -0.05) is 0 Å². The van der Waals surface area contributed by atoms with Gasteiger partial charge < -0.3 is 9.84 Å². The van der Waals surface area contributed by atoms with Crippen molar-refractivity contribution in [3.05, 3.63) is 47.0 Å². The highest BCUT2D eigenvalue weighted by atomic mass is 16.5. The summed E-state index contributed by atoms with van der Waals surface area (Å²) in [5, 5.41) is 10.1. The van der Waals surface area contributed by atoms with Gasteiger partial charge in [0.1, 0.15) is 11.5 Å². The third-order valence-corrected chi connectivity index (χ3v) is 5.08. The molecule has 1 aromatic heterocycles. The molecule has 0 aliphatic carbocycles. The third kappa shape index (κ3) is 3.55. The van der Waals surface area contributed by atoms with Gasteiger partial charge in [-0.2, -0.15) is 0 Å². The number of nitrogens with zero attached hydrogens (tertiary/aromatic N) is 4. The Kier molecular flexibility index (Phi) is 4.84. The van der Waals surface area contributed by atoms with Gasteiger partial charge in [0.05, 0.1) is 18.5 Å². The molecule has 0 spiro atoms. The quantitative estimate of drug-likeness (QED) is 0.916. The van der Waals surface area contributed by atoms with E-state index in [9.17, 15) is 5.11 Å². The summed E-state index contributed by atoms with van der Waals surface area (Å²) in [7, 11) is 1.64. The van der Waals surface area contributed by atoms with Crippen LogP contribution in [0.1, 0.15) is 41.9 Å². The molecule has 0 fully saturated rings. The standard InChI is InChI=1S/C20H24N4O2/c1-26-16-5-6-19(25)14(10-16)12-24-9-7-17-15(13-24)11-22-20(23-17)18-4-2-3-8-21-18/h5-6,10-11,25H,2-4,7-9,12-13H2,1H3. The zero-order chi connectivity index (χ0) is 17.9. The maximum Gasteiger partial charge on any atom is 0.173 e. The van der Waals surface area contributed by atoms with Crippen LogP contribution in [-0.4, -0.2) is 45.9 Å². The Hall–Kier alpha value is -2.47. The minimum atomic E-state index is 0.304. The molecule has 0 bridgehead atoms. The molecule has 1 aromatic carbocycles. The summed E-state index contributed by atoms with van der Waals surface area (Å²) in [6.45, 7) is 3.27.